The number of carbonyl (C=O) groups excluding carboxylic acids is 1. The number of aromatic carboxylic acids is 1. The molecule has 1 aromatic heterocycles. The van der Waals surface area contributed by atoms with Crippen molar-refractivity contribution in [1.82, 2.24) is 0 Å². The summed E-state index contributed by atoms with van der Waals surface area (Å²) in [6.07, 6.45) is -0.0399. The minimum Gasteiger partial charge on any atom is -0.480 e. The van der Waals surface area contributed by atoms with Gasteiger partial charge in [-0.2, -0.15) is 0 Å². The number of amides is 1. The monoisotopic (exact) mass is 289 g/mol. The lowest BCUT2D eigenvalue weighted by Crippen LogP contribution is -2.31. The van der Waals surface area contributed by atoms with E-state index in [1.165, 1.54) is 6.07 Å². The van der Waals surface area contributed by atoms with Crippen LogP contribution in [0.5, 0.6) is 5.75 Å². The average molecular weight is 289 g/mol. The number of rotatable bonds is 3. The molecule has 0 saturated heterocycles. The van der Waals surface area contributed by atoms with Crippen molar-refractivity contribution in [2.24, 2.45) is 0 Å². The Balaban J connectivity index is 1.67. The Kier molecular flexibility index (Phi) is 3.15. The van der Waals surface area contributed by atoms with Crippen molar-refractivity contribution in [2.75, 3.05) is 5.32 Å². The number of nitrogens with one attached hydrogen (secondary N) is 1. The zero-order valence-electron chi connectivity index (χ0n) is 10.3. The van der Waals surface area contributed by atoms with Gasteiger partial charge in [0.2, 0.25) is 0 Å². The maximum atomic E-state index is 12.1. The number of para-hydroxylation sites is 1. The van der Waals surface area contributed by atoms with E-state index in [1.807, 2.05) is 24.3 Å². The van der Waals surface area contributed by atoms with Crippen molar-refractivity contribution in [1.29, 1.82) is 0 Å². The van der Waals surface area contributed by atoms with Gasteiger partial charge in [0, 0.05) is 6.42 Å². The van der Waals surface area contributed by atoms with Crippen LogP contribution in [0.1, 0.15) is 15.2 Å². The molecule has 0 radical (unpaired) electrons. The topological polar surface area (TPSA) is 75.6 Å². The highest BCUT2D eigenvalue weighted by Crippen LogP contribution is 2.29. The van der Waals surface area contributed by atoms with Crippen LogP contribution in [-0.2, 0) is 11.2 Å². The highest BCUT2D eigenvalue weighted by Gasteiger charge is 2.29. The number of carbonyl (C=O) groups is 2. The first-order valence-corrected chi connectivity index (χ1v) is 6.83. The van der Waals surface area contributed by atoms with E-state index in [4.69, 9.17) is 9.84 Å². The molecule has 2 aromatic rings. The highest BCUT2D eigenvalue weighted by molar-refractivity contribution is 7.18. The molecule has 0 aliphatic carbocycles. The zero-order valence-corrected chi connectivity index (χ0v) is 11.1. The summed E-state index contributed by atoms with van der Waals surface area (Å²) in [5.41, 5.74) is 1.00. The number of carboxylic acid groups (broad SMARTS) is 1. The molecule has 0 saturated carbocycles. The summed E-state index contributed by atoms with van der Waals surface area (Å²) in [7, 11) is 0. The zero-order chi connectivity index (χ0) is 14.1. The molecule has 1 atom stereocenters. The Hall–Kier alpha value is -2.34. The van der Waals surface area contributed by atoms with Crippen molar-refractivity contribution in [2.45, 2.75) is 12.5 Å². The molecular weight excluding hydrogens is 278 g/mol. The SMILES string of the molecule is O=C(O)c1ccc(NC(=O)C2Cc3ccccc3O2)s1. The number of anilines is 1. The minimum atomic E-state index is -1.000. The number of carboxylic acids is 1. The molecule has 2 heterocycles. The van der Waals surface area contributed by atoms with Gasteiger partial charge >= 0.3 is 5.97 Å². The third kappa shape index (κ3) is 2.37. The molecule has 0 bridgehead atoms. The van der Waals surface area contributed by atoms with Gasteiger partial charge in [0.15, 0.2) is 6.10 Å². The van der Waals surface area contributed by atoms with Gasteiger partial charge in [-0.1, -0.05) is 18.2 Å². The number of fused-ring (bicyclic) bond motifs is 1. The molecule has 0 spiro atoms. The first kappa shape index (κ1) is 12.7. The quantitative estimate of drug-likeness (QED) is 0.909. The van der Waals surface area contributed by atoms with Crippen LogP contribution in [0.4, 0.5) is 5.00 Å². The van der Waals surface area contributed by atoms with Crippen molar-refractivity contribution in [3.05, 3.63) is 46.8 Å². The lowest BCUT2D eigenvalue weighted by atomic mass is 10.1. The fraction of sp³-hybridized carbons (Fsp3) is 0.143. The van der Waals surface area contributed by atoms with Crippen LogP contribution in [0.2, 0.25) is 0 Å². The maximum Gasteiger partial charge on any atom is 0.345 e. The minimum absolute atomic E-state index is 0.191. The second-order valence-electron chi connectivity index (χ2n) is 4.38. The van der Waals surface area contributed by atoms with Crippen molar-refractivity contribution in [3.8, 4) is 5.75 Å². The van der Waals surface area contributed by atoms with Crippen LogP contribution in [-0.4, -0.2) is 23.1 Å². The molecule has 6 heteroatoms. The van der Waals surface area contributed by atoms with E-state index in [0.717, 1.165) is 22.6 Å². The fourth-order valence-electron chi connectivity index (χ4n) is 2.05. The van der Waals surface area contributed by atoms with Gasteiger partial charge in [-0.3, -0.25) is 4.79 Å². The second kappa shape index (κ2) is 4.97. The normalized spacial score (nSPS) is 16.3. The molecule has 0 fully saturated rings. The van der Waals surface area contributed by atoms with E-state index in [2.05, 4.69) is 5.32 Å². The molecular formula is C14H11NO4S. The van der Waals surface area contributed by atoms with Crippen LogP contribution in [0.25, 0.3) is 0 Å². The number of ether oxygens (including phenoxy) is 1. The molecule has 5 nitrogen and oxygen atoms in total. The van der Waals surface area contributed by atoms with Crippen molar-refractivity contribution in [3.63, 3.8) is 0 Å². The van der Waals surface area contributed by atoms with Gasteiger partial charge < -0.3 is 15.2 Å². The average Bonchev–Trinajstić information content (AvgIpc) is 3.04. The Bertz CT molecular complexity index is 654. The van der Waals surface area contributed by atoms with E-state index < -0.39 is 12.1 Å². The van der Waals surface area contributed by atoms with Crippen LogP contribution in [0.3, 0.4) is 0 Å². The number of hydrogen-bond acceptors (Lipinski definition) is 4. The van der Waals surface area contributed by atoms with E-state index in [9.17, 15) is 9.59 Å². The maximum absolute atomic E-state index is 12.1. The summed E-state index contributed by atoms with van der Waals surface area (Å²) in [5, 5.41) is 12.0. The number of thiophene rings is 1. The molecule has 1 aliphatic rings. The molecule has 1 aromatic carbocycles. The summed E-state index contributed by atoms with van der Waals surface area (Å²) in [6.45, 7) is 0. The van der Waals surface area contributed by atoms with Gasteiger partial charge in [-0.05, 0) is 23.8 Å². The molecule has 3 rings (SSSR count). The lowest BCUT2D eigenvalue weighted by molar-refractivity contribution is -0.122. The first-order chi connectivity index (χ1) is 9.63. The van der Waals surface area contributed by atoms with E-state index >= 15 is 0 Å². The standard InChI is InChI=1S/C14H11NO4S/c16-13(15-12-6-5-11(20-12)14(17)18)10-7-8-3-1-2-4-9(8)19-10/h1-6,10H,7H2,(H,15,16)(H,17,18). The Labute approximate surface area is 118 Å². The highest BCUT2D eigenvalue weighted by atomic mass is 32.1. The fourth-order valence-corrected chi connectivity index (χ4v) is 2.80. The first-order valence-electron chi connectivity index (χ1n) is 6.02. The van der Waals surface area contributed by atoms with Gasteiger partial charge in [-0.15, -0.1) is 11.3 Å². The Morgan fingerprint density at radius 1 is 1.25 bits per heavy atom. The summed E-state index contributed by atoms with van der Waals surface area (Å²) in [6, 6.07) is 10.6. The van der Waals surface area contributed by atoms with Crippen LogP contribution < -0.4 is 10.1 Å². The molecule has 2 N–H and O–H groups in total. The third-order valence-corrected chi connectivity index (χ3v) is 3.99. The number of benzene rings is 1. The summed E-state index contributed by atoms with van der Waals surface area (Å²) < 4.78 is 5.57. The Morgan fingerprint density at radius 3 is 2.75 bits per heavy atom. The Morgan fingerprint density at radius 2 is 2.05 bits per heavy atom. The summed E-state index contributed by atoms with van der Waals surface area (Å²) >= 11 is 1.02. The van der Waals surface area contributed by atoms with Crippen LogP contribution >= 0.6 is 11.3 Å². The molecule has 1 amide bonds. The largest absolute Gasteiger partial charge is 0.480 e. The van der Waals surface area contributed by atoms with E-state index in [0.29, 0.717) is 11.4 Å². The number of hydrogen-bond donors (Lipinski definition) is 2. The predicted molar refractivity (Wildman–Crippen MR) is 74.5 cm³/mol. The van der Waals surface area contributed by atoms with E-state index in [-0.39, 0.29) is 10.8 Å². The van der Waals surface area contributed by atoms with Gasteiger partial charge in [0.25, 0.3) is 5.91 Å². The van der Waals surface area contributed by atoms with Crippen molar-refractivity contribution >= 4 is 28.2 Å². The lowest BCUT2D eigenvalue weighted by Gasteiger charge is -2.09. The summed E-state index contributed by atoms with van der Waals surface area (Å²) in [4.78, 5) is 23.1. The van der Waals surface area contributed by atoms with Gasteiger partial charge in [0.1, 0.15) is 10.6 Å². The van der Waals surface area contributed by atoms with Crippen LogP contribution in [0, 0.1) is 0 Å². The molecule has 1 unspecified atom stereocenters. The molecule has 1 aliphatic heterocycles. The molecule has 20 heavy (non-hydrogen) atoms. The summed E-state index contributed by atoms with van der Waals surface area (Å²) in [5.74, 6) is -0.537. The van der Waals surface area contributed by atoms with Crippen molar-refractivity contribution < 1.29 is 19.4 Å². The van der Waals surface area contributed by atoms with Crippen LogP contribution in [0.15, 0.2) is 36.4 Å². The molecule has 102 valence electrons. The third-order valence-electron chi connectivity index (χ3n) is 3.00. The smallest absolute Gasteiger partial charge is 0.345 e. The predicted octanol–water partition coefficient (Wildman–Crippen LogP) is 2.39. The van der Waals surface area contributed by atoms with Gasteiger partial charge in [-0.25, -0.2) is 4.79 Å². The second-order valence-corrected chi connectivity index (χ2v) is 5.46. The van der Waals surface area contributed by atoms with E-state index in [1.54, 1.807) is 6.07 Å². The van der Waals surface area contributed by atoms with Gasteiger partial charge in [0.05, 0.1) is 5.00 Å².